The number of morpholine rings is 1. The maximum atomic E-state index is 13.0. The van der Waals surface area contributed by atoms with E-state index in [2.05, 4.69) is 33.2 Å². The van der Waals surface area contributed by atoms with E-state index in [4.69, 9.17) is 19.7 Å². The lowest BCUT2D eigenvalue weighted by Gasteiger charge is -2.33. The summed E-state index contributed by atoms with van der Waals surface area (Å²) < 4.78 is 9.22. The van der Waals surface area contributed by atoms with Crippen LogP contribution >= 0.6 is 0 Å². The highest BCUT2D eigenvalue weighted by Crippen LogP contribution is 2.29. The third-order valence-electron chi connectivity index (χ3n) is 7.82. The molecule has 3 aromatic heterocycles. The van der Waals surface area contributed by atoms with Gasteiger partial charge >= 0.3 is 5.69 Å². The smallest absolute Gasteiger partial charge is 0.333 e. The summed E-state index contributed by atoms with van der Waals surface area (Å²) in [5.74, 6) is 3.63. The van der Waals surface area contributed by atoms with Crippen LogP contribution in [0, 0.1) is 11.8 Å². The molecular weight excluding hydrogens is 456 g/mol. The van der Waals surface area contributed by atoms with Crippen LogP contribution in [-0.4, -0.2) is 73.4 Å². The second kappa shape index (κ2) is 9.33. The van der Waals surface area contributed by atoms with E-state index in [1.807, 2.05) is 31.3 Å². The first-order valence-corrected chi connectivity index (χ1v) is 13.0. The van der Waals surface area contributed by atoms with Crippen molar-refractivity contribution < 1.29 is 4.74 Å². The van der Waals surface area contributed by atoms with Gasteiger partial charge in [-0.2, -0.15) is 9.97 Å². The predicted molar refractivity (Wildman–Crippen MR) is 140 cm³/mol. The Kier molecular flexibility index (Phi) is 6.00. The topological polar surface area (TPSA) is 97.1 Å². The first kappa shape index (κ1) is 23.2. The van der Waals surface area contributed by atoms with Crippen LogP contribution in [0.25, 0.3) is 28.1 Å². The number of piperidine rings is 1. The lowest BCUT2D eigenvalue weighted by atomic mass is 9.87. The molecule has 4 aromatic rings. The summed E-state index contributed by atoms with van der Waals surface area (Å²) in [7, 11) is 2.02. The molecule has 190 valence electrons. The Morgan fingerprint density at radius 3 is 2.56 bits per heavy atom. The number of likely N-dealkylation sites (tertiary alicyclic amines) is 1. The second-order valence-corrected chi connectivity index (χ2v) is 10.3. The van der Waals surface area contributed by atoms with E-state index in [9.17, 15) is 4.79 Å². The summed E-state index contributed by atoms with van der Waals surface area (Å²) in [6.45, 7) is 10.3. The van der Waals surface area contributed by atoms with Gasteiger partial charge in [0.2, 0.25) is 5.95 Å². The molecule has 0 spiro atoms. The van der Waals surface area contributed by atoms with Crippen LogP contribution in [0.4, 0.5) is 5.82 Å². The Morgan fingerprint density at radius 1 is 1.06 bits per heavy atom. The third kappa shape index (κ3) is 4.08. The van der Waals surface area contributed by atoms with Crippen molar-refractivity contribution in [1.82, 2.24) is 34.0 Å². The molecule has 0 bridgehead atoms. The molecule has 0 unspecified atom stereocenters. The Bertz CT molecular complexity index is 1440. The van der Waals surface area contributed by atoms with Crippen molar-refractivity contribution >= 4 is 28.0 Å². The Labute approximate surface area is 209 Å². The summed E-state index contributed by atoms with van der Waals surface area (Å²) in [6.07, 6.45) is 2.46. The number of imidazole rings is 2. The number of benzene rings is 1. The van der Waals surface area contributed by atoms with Crippen molar-refractivity contribution in [2.24, 2.45) is 18.9 Å². The molecule has 2 aliphatic heterocycles. The molecular formula is C26H34N8O2. The van der Waals surface area contributed by atoms with Gasteiger partial charge in [-0.3, -0.25) is 4.90 Å². The Hall–Kier alpha value is -3.24. The fourth-order valence-corrected chi connectivity index (χ4v) is 5.55. The minimum Gasteiger partial charge on any atom is -0.378 e. The fraction of sp³-hybridized carbons (Fsp3) is 0.538. The van der Waals surface area contributed by atoms with Gasteiger partial charge in [0.1, 0.15) is 5.82 Å². The van der Waals surface area contributed by atoms with Crippen LogP contribution in [0.2, 0.25) is 0 Å². The van der Waals surface area contributed by atoms with Gasteiger partial charge < -0.3 is 19.2 Å². The average Bonchev–Trinajstić information content (AvgIpc) is 3.40. The SMILES string of the molecule is CC(C)C1CCN(Cc2nc3c(N4CCOCC4)nc(-n4c(=O)[nH]c5ccccc54)nc3n2C)CC1. The van der Waals surface area contributed by atoms with E-state index in [1.54, 1.807) is 4.57 Å². The van der Waals surface area contributed by atoms with E-state index in [1.165, 1.54) is 12.8 Å². The molecule has 5 heterocycles. The highest BCUT2D eigenvalue weighted by atomic mass is 16.5. The zero-order chi connectivity index (χ0) is 24.8. The molecule has 2 saturated heterocycles. The number of nitrogens with zero attached hydrogens (tertiary/aromatic N) is 7. The lowest BCUT2D eigenvalue weighted by molar-refractivity contribution is 0.122. The van der Waals surface area contributed by atoms with Crippen LogP contribution < -0.4 is 10.6 Å². The van der Waals surface area contributed by atoms with Crippen LogP contribution in [0.3, 0.4) is 0 Å². The van der Waals surface area contributed by atoms with E-state index >= 15 is 0 Å². The number of aromatic nitrogens is 6. The van der Waals surface area contributed by atoms with Crippen molar-refractivity contribution in [1.29, 1.82) is 0 Å². The third-order valence-corrected chi connectivity index (χ3v) is 7.82. The highest BCUT2D eigenvalue weighted by molar-refractivity contribution is 5.85. The number of aromatic amines is 1. The molecule has 0 aliphatic carbocycles. The molecule has 10 heteroatoms. The quantitative estimate of drug-likeness (QED) is 0.459. The predicted octanol–water partition coefficient (Wildman–Crippen LogP) is 2.70. The van der Waals surface area contributed by atoms with Gasteiger partial charge in [-0.05, 0) is 49.9 Å². The second-order valence-electron chi connectivity index (χ2n) is 10.3. The molecule has 0 saturated carbocycles. The van der Waals surface area contributed by atoms with E-state index in [-0.39, 0.29) is 5.69 Å². The number of anilines is 1. The van der Waals surface area contributed by atoms with E-state index < -0.39 is 0 Å². The van der Waals surface area contributed by atoms with Crippen molar-refractivity contribution in [2.45, 2.75) is 33.2 Å². The summed E-state index contributed by atoms with van der Waals surface area (Å²) in [5, 5.41) is 0. The molecule has 0 atom stereocenters. The maximum absolute atomic E-state index is 13.0. The number of rotatable bonds is 5. The van der Waals surface area contributed by atoms with Crippen LogP contribution in [0.15, 0.2) is 29.1 Å². The first-order valence-electron chi connectivity index (χ1n) is 13.0. The van der Waals surface area contributed by atoms with Crippen LogP contribution in [-0.2, 0) is 18.3 Å². The van der Waals surface area contributed by atoms with Gasteiger partial charge in [0, 0.05) is 20.1 Å². The summed E-state index contributed by atoms with van der Waals surface area (Å²) >= 11 is 0. The van der Waals surface area contributed by atoms with Gasteiger partial charge in [0.25, 0.3) is 0 Å². The molecule has 36 heavy (non-hydrogen) atoms. The number of ether oxygens (including phenoxy) is 1. The Balaban J connectivity index is 1.43. The number of aryl methyl sites for hydroxylation is 1. The zero-order valence-corrected chi connectivity index (χ0v) is 21.3. The lowest BCUT2D eigenvalue weighted by Crippen LogP contribution is -2.37. The zero-order valence-electron chi connectivity index (χ0n) is 21.3. The van der Waals surface area contributed by atoms with Gasteiger partial charge in [0.15, 0.2) is 17.0 Å². The van der Waals surface area contributed by atoms with E-state index in [0.717, 1.165) is 78.4 Å². The first-order chi connectivity index (χ1) is 17.5. The van der Waals surface area contributed by atoms with Crippen LogP contribution in [0.5, 0.6) is 0 Å². The number of fused-ring (bicyclic) bond motifs is 2. The summed E-state index contributed by atoms with van der Waals surface area (Å²) in [5.41, 5.74) is 2.78. The number of para-hydroxylation sites is 2. The maximum Gasteiger partial charge on any atom is 0.333 e. The molecule has 0 radical (unpaired) electrons. The molecule has 10 nitrogen and oxygen atoms in total. The number of hydrogen-bond donors (Lipinski definition) is 1. The normalized spacial score (nSPS) is 18.2. The van der Waals surface area contributed by atoms with Gasteiger partial charge in [-0.1, -0.05) is 26.0 Å². The number of H-pyrrole nitrogens is 1. The highest BCUT2D eigenvalue weighted by Gasteiger charge is 2.26. The minimum atomic E-state index is -0.251. The van der Waals surface area contributed by atoms with Gasteiger partial charge in [0.05, 0.1) is 30.8 Å². The van der Waals surface area contributed by atoms with E-state index in [0.29, 0.717) is 19.2 Å². The van der Waals surface area contributed by atoms with Crippen molar-refractivity contribution in [3.8, 4) is 5.95 Å². The van der Waals surface area contributed by atoms with Gasteiger partial charge in [-0.25, -0.2) is 14.3 Å². The van der Waals surface area contributed by atoms with Crippen molar-refractivity contribution in [3.05, 3.63) is 40.6 Å². The monoisotopic (exact) mass is 490 g/mol. The molecule has 1 N–H and O–H groups in total. The average molecular weight is 491 g/mol. The Morgan fingerprint density at radius 2 is 1.81 bits per heavy atom. The van der Waals surface area contributed by atoms with Crippen LogP contribution in [0.1, 0.15) is 32.5 Å². The standard InChI is InChI=1S/C26H34N8O2/c1-17(2)18-8-10-32(11-9-18)16-21-28-22-23(31(21)3)29-25(30-24(22)33-12-14-36-15-13-33)34-20-7-5-4-6-19(20)27-26(34)35/h4-7,17-18H,8-16H2,1-3H3,(H,27,35). The molecule has 0 amide bonds. The van der Waals surface area contributed by atoms with Gasteiger partial charge in [-0.15, -0.1) is 0 Å². The van der Waals surface area contributed by atoms with Crippen molar-refractivity contribution in [2.75, 3.05) is 44.3 Å². The summed E-state index contributed by atoms with van der Waals surface area (Å²) in [6, 6.07) is 7.62. The fourth-order valence-electron chi connectivity index (χ4n) is 5.55. The largest absolute Gasteiger partial charge is 0.378 e. The molecule has 2 fully saturated rings. The number of nitrogens with one attached hydrogen (secondary N) is 1. The molecule has 1 aromatic carbocycles. The van der Waals surface area contributed by atoms with Crippen molar-refractivity contribution in [3.63, 3.8) is 0 Å². The molecule has 2 aliphatic rings. The minimum absolute atomic E-state index is 0.251. The number of hydrogen-bond acceptors (Lipinski definition) is 7. The summed E-state index contributed by atoms with van der Waals surface area (Å²) in [4.78, 5) is 35.4. The molecule has 6 rings (SSSR count).